The molecule has 2 fully saturated rings. The van der Waals surface area contributed by atoms with Crippen LogP contribution in [0.2, 0.25) is 0 Å². The number of aliphatic hydroxyl groups is 2. The molecule has 0 spiro atoms. The Hall–Kier alpha value is -2.25. The predicted molar refractivity (Wildman–Crippen MR) is 185 cm³/mol. The number of fused-ring (bicyclic) bond motifs is 2. The fourth-order valence-corrected chi connectivity index (χ4v) is 7.05. The third-order valence-corrected chi connectivity index (χ3v) is 10.4. The standard InChI is InChI=1S/C18H22N2.C15H22O.C3H2N2.C2H6O2.CH3F.FH.K/c1-12(2)14-5-6-17-8-15(16(10-19)11-20)7-13(3)18(17,4)9-14;1-10(2)12-5-6-13-8-14(16)7-11(3)15(13,4)9-12;4-2-1-3-5;3-1-2-4;1-2;;/h8,13-14H,1,5-7,9H2,2-4H3;8,11-12H,1,5-7,9H2,2-4H3;1H2;3-4H,1-2H2;1H3;1H;/q;;;;;;+1/p-1/t13-,14-,18+;11-,12-,15+;;;;;/m11...../s1/i;;;;1D;;. The Balaban J connectivity index is -0.000000656. The van der Waals surface area contributed by atoms with Gasteiger partial charge in [0.15, 0.2) is 5.78 Å². The Kier molecular flexibility index (Phi) is 25.6. The van der Waals surface area contributed by atoms with E-state index >= 15 is 0 Å². The monoisotopic (exact) mass is 705 g/mol. The molecule has 0 radical (unpaired) electrons. The summed E-state index contributed by atoms with van der Waals surface area (Å²) < 4.78 is 15.5. The molecule has 0 heterocycles. The quantitative estimate of drug-likeness (QED) is 0.260. The average Bonchev–Trinajstić information content (AvgIpc) is 3.04. The van der Waals surface area contributed by atoms with Crippen LogP contribution in [0.3, 0.4) is 0 Å². The van der Waals surface area contributed by atoms with Crippen LogP contribution in [0.15, 0.2) is 58.7 Å². The van der Waals surface area contributed by atoms with Gasteiger partial charge in [-0.1, -0.05) is 69.2 Å². The number of hydrogen-bond donors (Lipinski definition) is 2. The van der Waals surface area contributed by atoms with Crippen LogP contribution >= 0.6 is 0 Å². The van der Waals surface area contributed by atoms with Gasteiger partial charge in [-0.15, -0.1) is 0 Å². The Bertz CT molecular complexity index is 1370. The first kappa shape index (κ1) is 48.9. The molecule has 0 aliphatic heterocycles. The molecule has 0 amide bonds. The summed E-state index contributed by atoms with van der Waals surface area (Å²) in [5.41, 5.74) is 7.08. The van der Waals surface area contributed by atoms with Crippen molar-refractivity contribution in [3.8, 4) is 24.3 Å². The Morgan fingerprint density at radius 3 is 1.61 bits per heavy atom. The van der Waals surface area contributed by atoms with Crippen molar-refractivity contribution in [1.29, 1.82) is 21.0 Å². The molecule has 7 nitrogen and oxygen atoms in total. The Morgan fingerprint density at radius 1 is 0.898 bits per heavy atom. The van der Waals surface area contributed by atoms with Crippen LogP contribution in [0.1, 0.15) is 101 Å². The zero-order valence-electron chi connectivity index (χ0n) is 31.7. The van der Waals surface area contributed by atoms with Crippen LogP contribution in [0.5, 0.6) is 0 Å². The first-order valence-corrected chi connectivity index (χ1v) is 16.2. The molecule has 0 aromatic carbocycles. The molecule has 0 unspecified atom stereocenters. The van der Waals surface area contributed by atoms with E-state index in [9.17, 15) is 9.18 Å². The van der Waals surface area contributed by atoms with Crippen molar-refractivity contribution < 1.29 is 76.9 Å². The Morgan fingerprint density at radius 2 is 1.29 bits per heavy atom. The van der Waals surface area contributed by atoms with Crippen LogP contribution in [0, 0.1) is 79.8 Å². The van der Waals surface area contributed by atoms with E-state index in [2.05, 4.69) is 60.8 Å². The molecule has 0 aromatic rings. The van der Waals surface area contributed by atoms with Crippen molar-refractivity contribution in [2.24, 2.45) is 34.5 Å². The molecule has 264 valence electrons. The van der Waals surface area contributed by atoms with E-state index in [0.717, 1.165) is 44.1 Å². The average molecular weight is 706 g/mol. The van der Waals surface area contributed by atoms with Gasteiger partial charge in [0, 0.05) is 6.42 Å². The van der Waals surface area contributed by atoms with Crippen molar-refractivity contribution in [3.05, 3.63) is 58.7 Å². The molecule has 10 heteroatoms. The molecule has 6 atom stereocenters. The van der Waals surface area contributed by atoms with Crippen molar-refractivity contribution in [2.75, 3.05) is 20.4 Å². The molecule has 0 aromatic heterocycles. The zero-order valence-corrected chi connectivity index (χ0v) is 33.8. The van der Waals surface area contributed by atoms with Gasteiger partial charge in [0.25, 0.3) is 0 Å². The number of halogens is 2. The van der Waals surface area contributed by atoms with Gasteiger partial charge in [-0.2, -0.15) is 21.0 Å². The maximum Gasteiger partial charge on any atom is 1.00 e. The minimum absolute atomic E-state index is 0. The summed E-state index contributed by atoms with van der Waals surface area (Å²) in [7, 11) is -1.00. The normalized spacial score (nSPS) is 27.4. The number of allylic oxidation sites excluding steroid dienone is 8. The molecule has 2 saturated carbocycles. The summed E-state index contributed by atoms with van der Waals surface area (Å²) in [5, 5.41) is 48.6. The van der Waals surface area contributed by atoms with Gasteiger partial charge in [0.1, 0.15) is 24.1 Å². The molecular formula is C39H55F2KN4O3. The van der Waals surface area contributed by atoms with Crippen molar-refractivity contribution >= 4 is 5.78 Å². The van der Waals surface area contributed by atoms with Gasteiger partial charge in [-0.05, 0) is 105 Å². The van der Waals surface area contributed by atoms with E-state index in [1.165, 1.54) is 35.1 Å². The minimum atomic E-state index is -1.00. The fraction of sp³-hybridized carbons (Fsp3) is 0.615. The van der Waals surface area contributed by atoms with E-state index in [1.54, 1.807) is 12.1 Å². The number of carbonyl (C=O) groups is 1. The molecule has 0 bridgehead atoms. The van der Waals surface area contributed by atoms with Crippen LogP contribution < -0.4 is 56.1 Å². The van der Waals surface area contributed by atoms with Crippen molar-refractivity contribution in [3.63, 3.8) is 0 Å². The summed E-state index contributed by atoms with van der Waals surface area (Å²) in [4.78, 5) is 11.6. The third-order valence-electron chi connectivity index (χ3n) is 10.4. The number of ketones is 1. The molecule has 4 aliphatic rings. The molecule has 4 aliphatic carbocycles. The smallest absolute Gasteiger partial charge is 1.00 e. The third kappa shape index (κ3) is 14.9. The van der Waals surface area contributed by atoms with E-state index in [4.69, 9.17) is 32.6 Å². The number of rotatable bonds is 3. The number of alkyl halides is 1. The number of hydrogen-bond acceptors (Lipinski definition) is 7. The van der Waals surface area contributed by atoms with Gasteiger partial charge in [0.2, 0.25) is 0 Å². The second kappa shape index (κ2) is 25.7. The molecule has 4 rings (SSSR count). The van der Waals surface area contributed by atoms with Crippen LogP contribution in [0.4, 0.5) is 4.39 Å². The number of nitriles is 4. The largest absolute Gasteiger partial charge is 1.00 e. The maximum absolute atomic E-state index is 11.6. The second-order valence-electron chi connectivity index (χ2n) is 13.5. The van der Waals surface area contributed by atoms with Gasteiger partial charge in [-0.3, -0.25) is 9.18 Å². The van der Waals surface area contributed by atoms with Crippen molar-refractivity contribution in [2.45, 2.75) is 99.3 Å². The van der Waals surface area contributed by atoms with Crippen molar-refractivity contribution in [1.82, 2.24) is 0 Å². The van der Waals surface area contributed by atoms with Crippen LogP contribution in [0.25, 0.3) is 0 Å². The molecule has 0 saturated heterocycles. The molecule has 2 N–H and O–H groups in total. The number of aliphatic hydroxyl groups excluding tert-OH is 2. The second-order valence-corrected chi connectivity index (χ2v) is 13.5. The molecular weight excluding hydrogens is 650 g/mol. The number of nitrogens with zero attached hydrogens (tertiary/aromatic N) is 4. The first-order valence-electron chi connectivity index (χ1n) is 16.9. The molecule has 49 heavy (non-hydrogen) atoms. The first-order chi connectivity index (χ1) is 22.6. The zero-order chi connectivity index (χ0) is 37.1. The van der Waals surface area contributed by atoms with Gasteiger partial charge < -0.3 is 14.9 Å². The predicted octanol–water partition coefficient (Wildman–Crippen LogP) is 2.57. The summed E-state index contributed by atoms with van der Waals surface area (Å²) in [5.74, 6) is 2.54. The van der Waals surface area contributed by atoms with E-state index in [0.29, 0.717) is 29.5 Å². The van der Waals surface area contributed by atoms with Gasteiger partial charge in [0.05, 0.1) is 33.9 Å². The van der Waals surface area contributed by atoms with Gasteiger partial charge >= 0.3 is 51.4 Å². The maximum atomic E-state index is 11.6. The van der Waals surface area contributed by atoms with E-state index in [-0.39, 0.29) is 92.1 Å². The minimum Gasteiger partial charge on any atom is -1.00 e. The van der Waals surface area contributed by atoms with Crippen LogP contribution in [-0.2, 0) is 4.79 Å². The topological polar surface area (TPSA) is 153 Å². The van der Waals surface area contributed by atoms with Crippen LogP contribution in [-0.4, -0.2) is 36.4 Å². The summed E-state index contributed by atoms with van der Waals surface area (Å²) in [6.07, 6.45) is 12.4. The summed E-state index contributed by atoms with van der Waals surface area (Å²) in [6.45, 7) is 21.4. The summed E-state index contributed by atoms with van der Waals surface area (Å²) in [6, 6.07) is 7.39. The Labute approximate surface area is 338 Å². The number of carbonyl (C=O) groups excluding carboxylic acids is 1. The SMILES string of the molecule is C=C(C)[C@@H]1CCC2=CC(=C(C#N)C#N)C[C@@H](C)[C@]2(C)C1.C=C(C)[C@@H]1CCC2=CC(=O)C[C@@H](C)[C@]2(C)C1.N#CCC#N.OCCO.[2H]CF.[F-].[K+]. The fourth-order valence-electron chi connectivity index (χ4n) is 7.05. The van der Waals surface area contributed by atoms with E-state index < -0.39 is 7.15 Å². The van der Waals surface area contributed by atoms with E-state index in [1.807, 2.05) is 18.2 Å². The van der Waals surface area contributed by atoms with Gasteiger partial charge in [-0.25, -0.2) is 0 Å². The summed E-state index contributed by atoms with van der Waals surface area (Å²) >= 11 is 0.